The zero-order chi connectivity index (χ0) is 15.7. The number of hydrogen-bond donors (Lipinski definition) is 4. The molecule has 2 amide bonds. The van der Waals surface area contributed by atoms with Gasteiger partial charge in [-0.1, -0.05) is 6.07 Å². The Morgan fingerprint density at radius 3 is 2.91 bits per heavy atom. The lowest BCUT2D eigenvalue weighted by Crippen LogP contribution is -2.37. The molecular weight excluding hydrogens is 322 g/mol. The van der Waals surface area contributed by atoms with E-state index in [-0.39, 0.29) is 30.1 Å². The van der Waals surface area contributed by atoms with E-state index >= 15 is 0 Å². The molecule has 3 atom stereocenters. The quantitative estimate of drug-likeness (QED) is 0.626. The van der Waals surface area contributed by atoms with Crippen molar-refractivity contribution in [3.8, 4) is 5.75 Å². The zero-order valence-corrected chi connectivity index (χ0v) is 13.5. The molecule has 126 valence electrons. The standard InChI is InChI=1S/C15H19N3O4.ClH/c1-8-14(20)18-11-4-2-3-10(13(11)22-8)15(21)17-6-9-5-16-7-12(9)19;/h2-4,8-9,12,16,19H,5-7H2,1H3,(H,17,21)(H,18,20);1H. The summed E-state index contributed by atoms with van der Waals surface area (Å²) in [6.07, 6.45) is -1.08. The number of benzene rings is 1. The number of fused-ring (bicyclic) bond motifs is 1. The van der Waals surface area contributed by atoms with Crippen LogP contribution < -0.4 is 20.7 Å². The summed E-state index contributed by atoms with van der Waals surface area (Å²) < 4.78 is 5.55. The van der Waals surface area contributed by atoms with Gasteiger partial charge in [-0.2, -0.15) is 0 Å². The van der Waals surface area contributed by atoms with Gasteiger partial charge in [0.25, 0.3) is 11.8 Å². The summed E-state index contributed by atoms with van der Waals surface area (Å²) in [6, 6.07) is 5.04. The van der Waals surface area contributed by atoms with Gasteiger partial charge in [-0.25, -0.2) is 0 Å². The van der Waals surface area contributed by atoms with Gasteiger partial charge in [-0.3, -0.25) is 9.59 Å². The molecule has 0 aliphatic carbocycles. The predicted octanol–water partition coefficient (Wildman–Crippen LogP) is 0.138. The second-order valence-electron chi connectivity index (χ2n) is 5.63. The minimum absolute atomic E-state index is 0. The molecule has 1 aromatic carbocycles. The highest BCUT2D eigenvalue weighted by Gasteiger charge is 2.29. The van der Waals surface area contributed by atoms with Gasteiger partial charge in [0, 0.05) is 25.6 Å². The smallest absolute Gasteiger partial charge is 0.265 e. The number of anilines is 1. The van der Waals surface area contributed by atoms with Crippen LogP contribution in [0.4, 0.5) is 5.69 Å². The van der Waals surface area contributed by atoms with Gasteiger partial charge in [0.05, 0.1) is 17.4 Å². The van der Waals surface area contributed by atoms with Gasteiger partial charge < -0.3 is 25.8 Å². The van der Waals surface area contributed by atoms with Crippen molar-refractivity contribution in [2.75, 3.05) is 25.0 Å². The fraction of sp³-hybridized carbons (Fsp3) is 0.467. The first-order valence-electron chi connectivity index (χ1n) is 7.34. The number of aliphatic hydroxyl groups excluding tert-OH is 1. The third-order valence-corrected chi connectivity index (χ3v) is 4.01. The Morgan fingerprint density at radius 2 is 2.22 bits per heavy atom. The van der Waals surface area contributed by atoms with E-state index in [1.54, 1.807) is 25.1 Å². The molecule has 0 aromatic heterocycles. The highest BCUT2D eigenvalue weighted by atomic mass is 35.5. The Labute approximate surface area is 140 Å². The van der Waals surface area contributed by atoms with Crippen LogP contribution in [0.3, 0.4) is 0 Å². The van der Waals surface area contributed by atoms with Crippen LogP contribution >= 0.6 is 12.4 Å². The first-order chi connectivity index (χ1) is 10.6. The minimum Gasteiger partial charge on any atom is -0.478 e. The lowest BCUT2D eigenvalue weighted by molar-refractivity contribution is -0.122. The van der Waals surface area contributed by atoms with E-state index in [1.807, 2.05) is 0 Å². The molecule has 4 N–H and O–H groups in total. The SMILES string of the molecule is CC1Oc2c(cccc2C(=O)NCC2CNCC2O)NC1=O.Cl. The third-order valence-electron chi connectivity index (χ3n) is 4.01. The molecule has 7 nitrogen and oxygen atoms in total. The van der Waals surface area contributed by atoms with E-state index in [9.17, 15) is 14.7 Å². The summed E-state index contributed by atoms with van der Waals surface area (Å²) in [4.78, 5) is 24.0. The maximum Gasteiger partial charge on any atom is 0.265 e. The van der Waals surface area contributed by atoms with Crippen LogP contribution in [-0.4, -0.2) is 48.8 Å². The Hall–Kier alpha value is -1.83. The molecule has 1 saturated heterocycles. The topological polar surface area (TPSA) is 99.7 Å². The fourth-order valence-electron chi connectivity index (χ4n) is 2.65. The van der Waals surface area contributed by atoms with Crippen LogP contribution in [0.15, 0.2) is 18.2 Å². The van der Waals surface area contributed by atoms with Crippen molar-refractivity contribution in [3.05, 3.63) is 23.8 Å². The molecule has 8 heteroatoms. The Balaban J connectivity index is 0.00000192. The molecule has 23 heavy (non-hydrogen) atoms. The number of aliphatic hydroxyl groups is 1. The molecule has 0 bridgehead atoms. The monoisotopic (exact) mass is 341 g/mol. The van der Waals surface area contributed by atoms with Gasteiger partial charge >= 0.3 is 0 Å². The van der Waals surface area contributed by atoms with Crippen LogP contribution in [0.2, 0.25) is 0 Å². The number of halogens is 1. The van der Waals surface area contributed by atoms with Crippen molar-refractivity contribution < 1.29 is 19.4 Å². The summed E-state index contributed by atoms with van der Waals surface area (Å²) in [5, 5.41) is 18.3. The number of carbonyl (C=O) groups excluding carboxylic acids is 2. The molecule has 2 aliphatic heterocycles. The van der Waals surface area contributed by atoms with Crippen molar-refractivity contribution in [2.24, 2.45) is 5.92 Å². The number of para-hydroxylation sites is 1. The number of carbonyl (C=O) groups is 2. The van der Waals surface area contributed by atoms with Crippen molar-refractivity contribution in [3.63, 3.8) is 0 Å². The van der Waals surface area contributed by atoms with E-state index in [1.165, 1.54) is 0 Å². The maximum absolute atomic E-state index is 12.4. The summed E-state index contributed by atoms with van der Waals surface area (Å²) >= 11 is 0. The van der Waals surface area contributed by atoms with Crippen molar-refractivity contribution in [2.45, 2.75) is 19.1 Å². The number of amides is 2. The molecular formula is C15H20ClN3O4. The van der Waals surface area contributed by atoms with Crippen LogP contribution in [0.25, 0.3) is 0 Å². The average Bonchev–Trinajstić information content (AvgIpc) is 2.91. The van der Waals surface area contributed by atoms with Gasteiger partial charge in [-0.05, 0) is 19.1 Å². The van der Waals surface area contributed by atoms with Crippen molar-refractivity contribution >= 4 is 29.9 Å². The molecule has 0 saturated carbocycles. The molecule has 3 rings (SSSR count). The van der Waals surface area contributed by atoms with Crippen LogP contribution in [0.5, 0.6) is 5.75 Å². The lowest BCUT2D eigenvalue weighted by Gasteiger charge is -2.25. The number of ether oxygens (including phenoxy) is 1. The molecule has 0 radical (unpaired) electrons. The molecule has 1 fully saturated rings. The van der Waals surface area contributed by atoms with Gasteiger partial charge in [0.15, 0.2) is 11.9 Å². The number of β-amino-alcohol motifs (C(OH)–C–C–N with tert-alkyl or cyclic N) is 1. The molecule has 3 unspecified atom stereocenters. The lowest BCUT2D eigenvalue weighted by atomic mass is 10.1. The summed E-state index contributed by atoms with van der Waals surface area (Å²) in [5.74, 6) is -0.121. The average molecular weight is 342 g/mol. The van der Waals surface area contributed by atoms with Crippen LogP contribution in [0.1, 0.15) is 17.3 Å². The normalized spacial score (nSPS) is 25.7. The minimum atomic E-state index is -0.637. The van der Waals surface area contributed by atoms with Crippen LogP contribution in [-0.2, 0) is 4.79 Å². The Morgan fingerprint density at radius 1 is 1.43 bits per heavy atom. The number of rotatable bonds is 3. The second kappa shape index (κ2) is 7.16. The second-order valence-corrected chi connectivity index (χ2v) is 5.63. The van der Waals surface area contributed by atoms with Gasteiger partial charge in [0.1, 0.15) is 0 Å². The molecule has 0 spiro atoms. The van der Waals surface area contributed by atoms with E-state index in [4.69, 9.17) is 4.74 Å². The summed E-state index contributed by atoms with van der Waals surface area (Å²) in [5.41, 5.74) is 0.878. The first-order valence-corrected chi connectivity index (χ1v) is 7.34. The number of nitrogens with one attached hydrogen (secondary N) is 3. The van der Waals surface area contributed by atoms with Gasteiger partial charge in [-0.15, -0.1) is 12.4 Å². The van der Waals surface area contributed by atoms with E-state index in [0.717, 1.165) is 0 Å². The highest BCUT2D eigenvalue weighted by molar-refractivity contribution is 6.03. The van der Waals surface area contributed by atoms with Crippen LogP contribution in [0, 0.1) is 5.92 Å². The highest BCUT2D eigenvalue weighted by Crippen LogP contribution is 2.33. The van der Waals surface area contributed by atoms with Crippen molar-refractivity contribution in [1.82, 2.24) is 10.6 Å². The summed E-state index contributed by atoms with van der Waals surface area (Å²) in [7, 11) is 0. The molecule has 2 aliphatic rings. The van der Waals surface area contributed by atoms with E-state index in [2.05, 4.69) is 16.0 Å². The first kappa shape index (κ1) is 17.5. The number of hydrogen-bond acceptors (Lipinski definition) is 5. The third kappa shape index (κ3) is 3.57. The fourth-order valence-corrected chi connectivity index (χ4v) is 2.65. The predicted molar refractivity (Wildman–Crippen MR) is 87.1 cm³/mol. The Bertz CT molecular complexity index is 610. The van der Waals surface area contributed by atoms with Crippen molar-refractivity contribution in [1.29, 1.82) is 0 Å². The largest absolute Gasteiger partial charge is 0.478 e. The molecule has 2 heterocycles. The molecule has 1 aromatic rings. The maximum atomic E-state index is 12.4. The van der Waals surface area contributed by atoms with Gasteiger partial charge in [0.2, 0.25) is 0 Å². The van der Waals surface area contributed by atoms with E-state index in [0.29, 0.717) is 36.6 Å². The summed E-state index contributed by atoms with van der Waals surface area (Å²) in [6.45, 7) is 3.25. The van der Waals surface area contributed by atoms with E-state index < -0.39 is 12.2 Å². The zero-order valence-electron chi connectivity index (χ0n) is 12.7. The Kier molecular flexibility index (Phi) is 5.46.